The third kappa shape index (κ3) is 4.37. The molecule has 0 amide bonds. The number of aryl methyl sites for hydroxylation is 1. The number of rotatable bonds is 8. The Balaban J connectivity index is 1.57. The summed E-state index contributed by atoms with van der Waals surface area (Å²) in [5.41, 5.74) is 4.24. The van der Waals surface area contributed by atoms with Crippen LogP contribution in [0.5, 0.6) is 6.01 Å². The quantitative estimate of drug-likeness (QED) is 0.481. The molecule has 0 radical (unpaired) electrons. The fourth-order valence-electron chi connectivity index (χ4n) is 3.34. The summed E-state index contributed by atoms with van der Waals surface area (Å²) in [6.07, 6.45) is 1.94. The average Bonchev–Trinajstić information content (AvgIpc) is 3.43. The molecular weight excluding hydrogens is 378 g/mol. The molecule has 154 valence electrons. The molecular formula is C22H25N7O. The third-order valence-electron chi connectivity index (χ3n) is 4.97. The number of hydrogen-bond acceptors (Lipinski definition) is 6. The van der Waals surface area contributed by atoms with E-state index in [0.717, 1.165) is 40.9 Å². The first-order valence-electron chi connectivity index (χ1n) is 10.0. The number of tetrazole rings is 1. The molecule has 30 heavy (non-hydrogen) atoms. The molecule has 2 aromatic carbocycles. The Bertz CT molecular complexity index is 1090. The van der Waals surface area contributed by atoms with Crippen LogP contribution >= 0.6 is 0 Å². The van der Waals surface area contributed by atoms with Crippen molar-refractivity contribution in [3.8, 4) is 28.5 Å². The highest BCUT2D eigenvalue weighted by molar-refractivity contribution is 5.80. The van der Waals surface area contributed by atoms with Gasteiger partial charge in [-0.2, -0.15) is 10.2 Å². The van der Waals surface area contributed by atoms with Crippen LogP contribution in [0.2, 0.25) is 0 Å². The predicted molar refractivity (Wildman–Crippen MR) is 114 cm³/mol. The van der Waals surface area contributed by atoms with Gasteiger partial charge in [0, 0.05) is 12.0 Å². The summed E-state index contributed by atoms with van der Waals surface area (Å²) in [6, 6.07) is 16.9. The second kappa shape index (κ2) is 8.86. The molecule has 8 nitrogen and oxygen atoms in total. The van der Waals surface area contributed by atoms with E-state index >= 15 is 0 Å². The molecule has 0 bridgehead atoms. The maximum absolute atomic E-state index is 5.24. The van der Waals surface area contributed by atoms with Gasteiger partial charge in [-0.25, -0.2) is 4.68 Å². The Kier molecular flexibility index (Phi) is 5.83. The van der Waals surface area contributed by atoms with Crippen molar-refractivity contribution in [1.29, 1.82) is 0 Å². The van der Waals surface area contributed by atoms with Gasteiger partial charge in [0.15, 0.2) is 0 Å². The zero-order valence-corrected chi connectivity index (χ0v) is 17.4. The molecule has 0 fully saturated rings. The Morgan fingerprint density at radius 1 is 1.03 bits per heavy atom. The lowest BCUT2D eigenvalue weighted by Gasteiger charge is -2.10. The average molecular weight is 403 g/mol. The molecule has 4 rings (SSSR count). The minimum Gasteiger partial charge on any atom is -0.466 e. The maximum Gasteiger partial charge on any atom is 0.335 e. The monoisotopic (exact) mass is 403 g/mol. The SMILES string of the molecule is COc1nc(CCC(C)C)n(Cc2ccc(-c3ccccc3-c3nn[nH]n3)cc2)n1. The molecule has 0 aliphatic carbocycles. The molecule has 0 atom stereocenters. The molecule has 0 aliphatic rings. The van der Waals surface area contributed by atoms with Crippen molar-refractivity contribution < 1.29 is 4.74 Å². The van der Waals surface area contributed by atoms with Crippen LogP contribution in [0.25, 0.3) is 22.5 Å². The van der Waals surface area contributed by atoms with Gasteiger partial charge in [-0.05, 0) is 34.2 Å². The number of nitrogens with one attached hydrogen (secondary N) is 1. The van der Waals surface area contributed by atoms with Crippen LogP contribution < -0.4 is 4.74 Å². The molecule has 0 spiro atoms. The van der Waals surface area contributed by atoms with Gasteiger partial charge in [0.25, 0.3) is 0 Å². The van der Waals surface area contributed by atoms with Crippen molar-refractivity contribution in [3.05, 3.63) is 59.9 Å². The standard InChI is InChI=1S/C22H25N7O/c1-15(2)8-13-20-23-22(30-3)26-29(20)14-16-9-11-17(12-10-16)18-6-4-5-7-19(18)21-24-27-28-25-21/h4-7,9-12,15H,8,13-14H2,1-3H3,(H,24,25,27,28). The van der Waals surface area contributed by atoms with E-state index < -0.39 is 0 Å². The van der Waals surface area contributed by atoms with Gasteiger partial charge in [0.2, 0.25) is 5.82 Å². The van der Waals surface area contributed by atoms with Crippen LogP contribution in [0.15, 0.2) is 48.5 Å². The smallest absolute Gasteiger partial charge is 0.335 e. The minimum absolute atomic E-state index is 0.416. The van der Waals surface area contributed by atoms with Crippen LogP contribution in [0.3, 0.4) is 0 Å². The molecule has 0 saturated heterocycles. The van der Waals surface area contributed by atoms with Crippen molar-refractivity contribution in [2.75, 3.05) is 7.11 Å². The van der Waals surface area contributed by atoms with Gasteiger partial charge in [-0.1, -0.05) is 62.4 Å². The highest BCUT2D eigenvalue weighted by atomic mass is 16.5. The Hall–Kier alpha value is -3.55. The van der Waals surface area contributed by atoms with E-state index in [1.807, 2.05) is 22.9 Å². The topological polar surface area (TPSA) is 94.4 Å². The van der Waals surface area contributed by atoms with Crippen molar-refractivity contribution >= 4 is 0 Å². The first-order valence-corrected chi connectivity index (χ1v) is 10.0. The van der Waals surface area contributed by atoms with E-state index in [9.17, 15) is 0 Å². The highest BCUT2D eigenvalue weighted by Crippen LogP contribution is 2.29. The van der Waals surface area contributed by atoms with Gasteiger partial charge in [0.05, 0.1) is 13.7 Å². The summed E-state index contributed by atoms with van der Waals surface area (Å²) < 4.78 is 7.18. The van der Waals surface area contributed by atoms with Crippen LogP contribution in [0, 0.1) is 5.92 Å². The number of H-pyrrole nitrogens is 1. The van der Waals surface area contributed by atoms with Crippen LogP contribution in [-0.4, -0.2) is 42.5 Å². The Morgan fingerprint density at radius 3 is 2.47 bits per heavy atom. The number of hydrogen-bond donors (Lipinski definition) is 1. The number of aromatic nitrogens is 7. The lowest BCUT2D eigenvalue weighted by Crippen LogP contribution is -2.08. The first-order chi connectivity index (χ1) is 14.6. The normalized spacial score (nSPS) is 11.2. The zero-order valence-electron chi connectivity index (χ0n) is 17.4. The molecule has 0 unspecified atom stereocenters. The fraction of sp³-hybridized carbons (Fsp3) is 0.318. The highest BCUT2D eigenvalue weighted by Gasteiger charge is 2.13. The maximum atomic E-state index is 5.24. The summed E-state index contributed by atoms with van der Waals surface area (Å²) in [5, 5.41) is 18.9. The molecule has 0 saturated carbocycles. The molecule has 2 aromatic heterocycles. The van der Waals surface area contributed by atoms with Crippen LogP contribution in [0.1, 0.15) is 31.7 Å². The van der Waals surface area contributed by atoms with E-state index in [0.29, 0.717) is 24.3 Å². The minimum atomic E-state index is 0.416. The van der Waals surface area contributed by atoms with Gasteiger partial charge in [0.1, 0.15) is 5.82 Å². The number of benzene rings is 2. The van der Waals surface area contributed by atoms with Gasteiger partial charge >= 0.3 is 6.01 Å². The summed E-state index contributed by atoms with van der Waals surface area (Å²) in [7, 11) is 1.60. The predicted octanol–water partition coefficient (Wildman–Crippen LogP) is 3.77. The van der Waals surface area contributed by atoms with E-state index in [1.165, 1.54) is 0 Å². The van der Waals surface area contributed by atoms with E-state index in [-0.39, 0.29) is 0 Å². The molecule has 0 aliphatic heterocycles. The molecule has 4 aromatic rings. The van der Waals surface area contributed by atoms with E-state index in [1.54, 1.807) is 7.11 Å². The summed E-state index contributed by atoms with van der Waals surface area (Å²) >= 11 is 0. The number of methoxy groups -OCH3 is 1. The van der Waals surface area contributed by atoms with Crippen LogP contribution in [-0.2, 0) is 13.0 Å². The van der Waals surface area contributed by atoms with Crippen molar-refractivity contribution in [2.45, 2.75) is 33.2 Å². The lowest BCUT2D eigenvalue weighted by atomic mass is 9.98. The second-order valence-corrected chi connectivity index (χ2v) is 7.58. The van der Waals surface area contributed by atoms with Crippen molar-refractivity contribution in [1.82, 2.24) is 35.4 Å². The first kappa shape index (κ1) is 19.8. The van der Waals surface area contributed by atoms with E-state index in [2.05, 4.69) is 74.9 Å². The zero-order chi connectivity index (χ0) is 20.9. The summed E-state index contributed by atoms with van der Waals surface area (Å²) in [4.78, 5) is 4.51. The lowest BCUT2D eigenvalue weighted by molar-refractivity contribution is 0.377. The van der Waals surface area contributed by atoms with E-state index in [4.69, 9.17) is 4.74 Å². The van der Waals surface area contributed by atoms with Crippen molar-refractivity contribution in [2.24, 2.45) is 5.92 Å². The number of nitrogens with zero attached hydrogens (tertiary/aromatic N) is 6. The Morgan fingerprint density at radius 2 is 1.80 bits per heavy atom. The van der Waals surface area contributed by atoms with Gasteiger partial charge in [-0.3, -0.25) is 0 Å². The number of aromatic amines is 1. The van der Waals surface area contributed by atoms with Gasteiger partial charge in [-0.15, -0.1) is 15.3 Å². The molecule has 2 heterocycles. The van der Waals surface area contributed by atoms with Crippen molar-refractivity contribution in [3.63, 3.8) is 0 Å². The fourth-order valence-corrected chi connectivity index (χ4v) is 3.34. The Labute approximate surface area is 175 Å². The summed E-state index contributed by atoms with van der Waals surface area (Å²) in [6.45, 7) is 5.07. The largest absolute Gasteiger partial charge is 0.466 e. The second-order valence-electron chi connectivity index (χ2n) is 7.58. The third-order valence-corrected chi connectivity index (χ3v) is 4.97. The number of ether oxygens (including phenoxy) is 1. The molecule has 1 N–H and O–H groups in total. The van der Waals surface area contributed by atoms with Crippen LogP contribution in [0.4, 0.5) is 0 Å². The molecule has 8 heteroatoms. The van der Waals surface area contributed by atoms with Gasteiger partial charge < -0.3 is 4.74 Å². The summed E-state index contributed by atoms with van der Waals surface area (Å²) in [5.74, 6) is 2.14.